The standard InChI is InChI=1S/C23H36O4/c1-7-22(4,5)16-10-11-17-26-20(24)18-12-14-19(15-13-18)21(25)27-23(6,8-2)9-3/h12-15H,7-11,16-17H2,1-6H3. The zero-order chi connectivity index (χ0) is 20.5. The van der Waals surface area contributed by atoms with E-state index in [-0.39, 0.29) is 11.9 Å². The molecule has 4 nitrogen and oxygen atoms in total. The molecule has 1 aromatic rings. The van der Waals surface area contributed by atoms with Crippen molar-refractivity contribution < 1.29 is 19.1 Å². The minimum Gasteiger partial charge on any atom is -0.462 e. The van der Waals surface area contributed by atoms with E-state index >= 15 is 0 Å². The molecule has 0 saturated carbocycles. The maximum Gasteiger partial charge on any atom is 0.338 e. The molecule has 0 aliphatic heterocycles. The monoisotopic (exact) mass is 376 g/mol. The Kier molecular flexibility index (Phi) is 9.01. The van der Waals surface area contributed by atoms with Crippen LogP contribution < -0.4 is 0 Å². The van der Waals surface area contributed by atoms with Crippen LogP contribution in [0.2, 0.25) is 0 Å². The van der Waals surface area contributed by atoms with E-state index in [4.69, 9.17) is 9.47 Å². The van der Waals surface area contributed by atoms with Crippen LogP contribution in [0.5, 0.6) is 0 Å². The summed E-state index contributed by atoms with van der Waals surface area (Å²) in [5.74, 6) is -0.712. The van der Waals surface area contributed by atoms with E-state index in [9.17, 15) is 9.59 Å². The van der Waals surface area contributed by atoms with Crippen LogP contribution in [-0.2, 0) is 9.47 Å². The fourth-order valence-corrected chi connectivity index (χ4v) is 2.55. The highest BCUT2D eigenvalue weighted by molar-refractivity contribution is 5.93. The van der Waals surface area contributed by atoms with Crippen LogP contribution in [-0.4, -0.2) is 24.1 Å². The van der Waals surface area contributed by atoms with Crippen molar-refractivity contribution in [2.75, 3.05) is 6.61 Å². The summed E-state index contributed by atoms with van der Waals surface area (Å²) in [5, 5.41) is 0. The van der Waals surface area contributed by atoms with Gasteiger partial charge in [0, 0.05) is 0 Å². The zero-order valence-corrected chi connectivity index (χ0v) is 17.9. The molecule has 0 amide bonds. The SMILES string of the molecule is CCC(C)(C)CCCCOC(=O)c1ccc(C(=O)OC(C)(CC)CC)cc1. The minimum atomic E-state index is -0.457. The molecular formula is C23H36O4. The maximum absolute atomic E-state index is 12.3. The summed E-state index contributed by atoms with van der Waals surface area (Å²) < 4.78 is 10.9. The third kappa shape index (κ3) is 7.74. The molecule has 0 unspecified atom stereocenters. The van der Waals surface area contributed by atoms with Crippen molar-refractivity contribution in [3.63, 3.8) is 0 Å². The lowest BCUT2D eigenvalue weighted by Gasteiger charge is -2.26. The van der Waals surface area contributed by atoms with Gasteiger partial charge < -0.3 is 9.47 Å². The molecule has 0 bridgehead atoms. The first-order valence-corrected chi connectivity index (χ1v) is 10.2. The molecule has 0 fully saturated rings. The van der Waals surface area contributed by atoms with E-state index in [0.29, 0.717) is 23.1 Å². The number of ether oxygens (including phenoxy) is 2. The molecule has 27 heavy (non-hydrogen) atoms. The van der Waals surface area contributed by atoms with Crippen molar-refractivity contribution in [2.24, 2.45) is 5.41 Å². The molecule has 152 valence electrons. The number of hydrogen-bond donors (Lipinski definition) is 0. The summed E-state index contributed by atoms with van der Waals surface area (Å²) >= 11 is 0. The van der Waals surface area contributed by atoms with Gasteiger partial charge in [-0.05, 0) is 68.7 Å². The summed E-state index contributed by atoms with van der Waals surface area (Å²) in [6, 6.07) is 6.48. The van der Waals surface area contributed by atoms with Crippen molar-refractivity contribution in [1.29, 1.82) is 0 Å². The molecule has 0 atom stereocenters. The van der Waals surface area contributed by atoms with Crippen LogP contribution in [0.1, 0.15) is 101 Å². The van der Waals surface area contributed by atoms with Crippen LogP contribution in [0.3, 0.4) is 0 Å². The molecule has 0 radical (unpaired) electrons. The van der Waals surface area contributed by atoms with E-state index in [1.807, 2.05) is 20.8 Å². The number of esters is 2. The highest BCUT2D eigenvalue weighted by Crippen LogP contribution is 2.26. The van der Waals surface area contributed by atoms with Gasteiger partial charge >= 0.3 is 11.9 Å². The number of carbonyl (C=O) groups excluding carboxylic acids is 2. The van der Waals surface area contributed by atoms with E-state index in [2.05, 4.69) is 20.8 Å². The average Bonchev–Trinajstić information content (AvgIpc) is 2.67. The lowest BCUT2D eigenvalue weighted by Crippen LogP contribution is -2.30. The van der Waals surface area contributed by atoms with Gasteiger partial charge in [-0.2, -0.15) is 0 Å². The minimum absolute atomic E-state index is 0.347. The van der Waals surface area contributed by atoms with Gasteiger partial charge in [-0.15, -0.1) is 0 Å². The number of benzene rings is 1. The molecule has 0 aromatic heterocycles. The fraction of sp³-hybridized carbons (Fsp3) is 0.652. The molecule has 1 rings (SSSR count). The van der Waals surface area contributed by atoms with Crippen LogP contribution in [0.15, 0.2) is 24.3 Å². The van der Waals surface area contributed by atoms with Crippen LogP contribution in [0, 0.1) is 5.41 Å². The topological polar surface area (TPSA) is 52.6 Å². The smallest absolute Gasteiger partial charge is 0.338 e. The second kappa shape index (κ2) is 10.5. The molecule has 0 spiro atoms. The molecule has 0 N–H and O–H groups in total. The van der Waals surface area contributed by atoms with Gasteiger partial charge in [0.2, 0.25) is 0 Å². The van der Waals surface area contributed by atoms with Gasteiger partial charge in [-0.1, -0.05) is 41.0 Å². The quantitative estimate of drug-likeness (QED) is 0.341. The Morgan fingerprint density at radius 1 is 0.815 bits per heavy atom. The summed E-state index contributed by atoms with van der Waals surface area (Å²) in [6.07, 6.45) is 5.71. The maximum atomic E-state index is 12.3. The number of hydrogen-bond acceptors (Lipinski definition) is 4. The molecule has 1 aromatic carbocycles. The Morgan fingerprint density at radius 3 is 1.81 bits per heavy atom. The molecule has 0 aliphatic carbocycles. The van der Waals surface area contributed by atoms with Gasteiger partial charge in [-0.25, -0.2) is 9.59 Å². The molecule has 0 heterocycles. The van der Waals surface area contributed by atoms with Crippen molar-refractivity contribution >= 4 is 11.9 Å². The predicted octanol–water partition coefficient (Wildman–Crippen LogP) is 6.19. The Labute approximate surface area is 164 Å². The fourth-order valence-electron chi connectivity index (χ4n) is 2.55. The summed E-state index contributed by atoms with van der Waals surface area (Å²) in [7, 11) is 0. The highest BCUT2D eigenvalue weighted by Gasteiger charge is 2.25. The zero-order valence-electron chi connectivity index (χ0n) is 17.9. The van der Waals surface area contributed by atoms with Gasteiger partial charge in [0.15, 0.2) is 0 Å². The van der Waals surface area contributed by atoms with Crippen molar-refractivity contribution in [3.8, 4) is 0 Å². The van der Waals surface area contributed by atoms with E-state index < -0.39 is 5.60 Å². The number of rotatable bonds is 11. The van der Waals surface area contributed by atoms with Gasteiger partial charge in [0.1, 0.15) is 5.60 Å². The van der Waals surface area contributed by atoms with Gasteiger partial charge in [0.05, 0.1) is 17.7 Å². The predicted molar refractivity (Wildman–Crippen MR) is 109 cm³/mol. The lowest BCUT2D eigenvalue weighted by molar-refractivity contribution is -0.0131. The number of carbonyl (C=O) groups is 2. The Balaban J connectivity index is 2.49. The van der Waals surface area contributed by atoms with E-state index in [0.717, 1.165) is 38.5 Å². The van der Waals surface area contributed by atoms with Crippen molar-refractivity contribution in [2.45, 2.75) is 85.7 Å². The first-order chi connectivity index (χ1) is 12.7. The summed E-state index contributed by atoms with van der Waals surface area (Å²) in [4.78, 5) is 24.4. The highest BCUT2D eigenvalue weighted by atomic mass is 16.6. The summed E-state index contributed by atoms with van der Waals surface area (Å²) in [6.45, 7) is 13.1. The Bertz CT molecular complexity index is 597. The van der Waals surface area contributed by atoms with E-state index in [1.165, 1.54) is 0 Å². The largest absolute Gasteiger partial charge is 0.462 e. The van der Waals surface area contributed by atoms with Crippen molar-refractivity contribution in [3.05, 3.63) is 35.4 Å². The van der Waals surface area contributed by atoms with Crippen molar-refractivity contribution in [1.82, 2.24) is 0 Å². The second-order valence-electron chi connectivity index (χ2n) is 8.23. The third-order valence-electron chi connectivity index (χ3n) is 5.63. The molecular weight excluding hydrogens is 340 g/mol. The number of unbranched alkanes of at least 4 members (excludes halogenated alkanes) is 1. The third-order valence-corrected chi connectivity index (χ3v) is 5.63. The summed E-state index contributed by atoms with van der Waals surface area (Å²) in [5.41, 5.74) is 0.789. The first kappa shape index (κ1) is 23.2. The average molecular weight is 377 g/mol. The Hall–Kier alpha value is -1.84. The van der Waals surface area contributed by atoms with Crippen LogP contribution >= 0.6 is 0 Å². The van der Waals surface area contributed by atoms with Crippen LogP contribution in [0.25, 0.3) is 0 Å². The van der Waals surface area contributed by atoms with E-state index in [1.54, 1.807) is 24.3 Å². The van der Waals surface area contributed by atoms with Gasteiger partial charge in [-0.3, -0.25) is 0 Å². The lowest BCUT2D eigenvalue weighted by atomic mass is 9.85. The Morgan fingerprint density at radius 2 is 1.33 bits per heavy atom. The van der Waals surface area contributed by atoms with Crippen LogP contribution in [0.4, 0.5) is 0 Å². The van der Waals surface area contributed by atoms with Gasteiger partial charge in [0.25, 0.3) is 0 Å². The second-order valence-corrected chi connectivity index (χ2v) is 8.23. The normalized spacial score (nSPS) is 11.9. The molecule has 4 heteroatoms. The molecule has 0 aliphatic rings. The molecule has 0 saturated heterocycles. The first-order valence-electron chi connectivity index (χ1n) is 10.2.